The standard InChI is InChI=1S/C21H27BrN2O3.C2H2O4/c1-25-19-7-5-18(22)13-17(19)15-24-10-8-23(9-11-24)14-16-4-6-20(26-2)21(12-16)27-3;3-1(4)2(5)6/h4-7,12-13H,8-11,14-15H2,1-3H3;(H,3,4)(H,5,6). The molecule has 1 fully saturated rings. The maximum Gasteiger partial charge on any atom is 0.414 e. The molecule has 10 heteroatoms. The van der Waals surface area contributed by atoms with Gasteiger partial charge in [-0.25, -0.2) is 9.59 Å². The molecule has 1 aliphatic heterocycles. The fourth-order valence-electron chi connectivity index (χ4n) is 3.45. The van der Waals surface area contributed by atoms with Gasteiger partial charge < -0.3 is 24.4 Å². The Bertz CT molecular complexity index is 934. The van der Waals surface area contributed by atoms with Gasteiger partial charge in [0.2, 0.25) is 0 Å². The number of piperazine rings is 1. The van der Waals surface area contributed by atoms with E-state index in [1.165, 1.54) is 11.1 Å². The first kappa shape index (κ1) is 26.4. The SMILES string of the molecule is COc1ccc(Br)cc1CN1CCN(Cc2ccc(OC)c(OC)c2)CC1.O=C(O)C(=O)O. The number of rotatable bonds is 7. The van der Waals surface area contributed by atoms with Crippen molar-refractivity contribution in [3.05, 3.63) is 52.0 Å². The molecule has 0 bridgehead atoms. The fraction of sp³-hybridized carbons (Fsp3) is 0.391. The number of hydrogen-bond donors (Lipinski definition) is 2. The highest BCUT2D eigenvalue weighted by molar-refractivity contribution is 9.10. The molecular weight excluding hydrogens is 496 g/mol. The summed E-state index contributed by atoms with van der Waals surface area (Å²) in [5.41, 5.74) is 2.47. The molecule has 0 aliphatic carbocycles. The van der Waals surface area contributed by atoms with E-state index in [0.29, 0.717) is 0 Å². The van der Waals surface area contributed by atoms with E-state index in [0.717, 1.165) is 61.0 Å². The van der Waals surface area contributed by atoms with Crippen LogP contribution >= 0.6 is 15.9 Å². The zero-order valence-corrected chi connectivity index (χ0v) is 20.5. The van der Waals surface area contributed by atoms with Crippen molar-refractivity contribution in [1.82, 2.24) is 9.80 Å². The van der Waals surface area contributed by atoms with E-state index in [1.54, 1.807) is 21.3 Å². The molecule has 2 N–H and O–H groups in total. The highest BCUT2D eigenvalue weighted by atomic mass is 79.9. The van der Waals surface area contributed by atoms with Crippen LogP contribution in [0.5, 0.6) is 17.2 Å². The van der Waals surface area contributed by atoms with Gasteiger partial charge in [0.15, 0.2) is 11.5 Å². The third-order valence-corrected chi connectivity index (χ3v) is 5.63. The number of ether oxygens (including phenoxy) is 3. The van der Waals surface area contributed by atoms with Gasteiger partial charge in [-0.1, -0.05) is 22.0 Å². The summed E-state index contributed by atoms with van der Waals surface area (Å²) in [6.45, 7) is 6.02. The summed E-state index contributed by atoms with van der Waals surface area (Å²) in [7, 11) is 5.07. The van der Waals surface area contributed by atoms with Gasteiger partial charge in [-0.3, -0.25) is 9.80 Å². The van der Waals surface area contributed by atoms with E-state index >= 15 is 0 Å². The van der Waals surface area contributed by atoms with Crippen molar-refractivity contribution in [3.8, 4) is 17.2 Å². The van der Waals surface area contributed by atoms with Gasteiger partial charge in [-0.05, 0) is 35.9 Å². The van der Waals surface area contributed by atoms with Crippen LogP contribution in [0.4, 0.5) is 0 Å². The van der Waals surface area contributed by atoms with E-state index in [-0.39, 0.29) is 0 Å². The minimum Gasteiger partial charge on any atom is -0.496 e. The summed E-state index contributed by atoms with van der Waals surface area (Å²) in [4.78, 5) is 23.2. The van der Waals surface area contributed by atoms with E-state index in [4.69, 9.17) is 34.0 Å². The number of halogens is 1. The van der Waals surface area contributed by atoms with Crippen LogP contribution in [0.2, 0.25) is 0 Å². The molecule has 2 aromatic carbocycles. The Morgan fingerprint density at radius 2 is 1.30 bits per heavy atom. The second kappa shape index (κ2) is 13.0. The molecule has 0 aromatic heterocycles. The number of nitrogens with zero attached hydrogens (tertiary/aromatic N) is 2. The first-order valence-corrected chi connectivity index (χ1v) is 11.0. The molecule has 2 aromatic rings. The molecule has 0 spiro atoms. The maximum atomic E-state index is 9.10. The molecular formula is C23H29BrN2O7. The summed E-state index contributed by atoms with van der Waals surface area (Å²) >= 11 is 3.56. The third-order valence-electron chi connectivity index (χ3n) is 5.14. The Morgan fingerprint density at radius 3 is 1.82 bits per heavy atom. The third kappa shape index (κ3) is 8.23. The average molecular weight is 525 g/mol. The van der Waals surface area contributed by atoms with Crippen molar-refractivity contribution in [1.29, 1.82) is 0 Å². The molecule has 1 saturated heterocycles. The van der Waals surface area contributed by atoms with Crippen molar-refractivity contribution < 1.29 is 34.0 Å². The Morgan fingerprint density at radius 1 is 0.788 bits per heavy atom. The number of hydrogen-bond acceptors (Lipinski definition) is 7. The molecule has 9 nitrogen and oxygen atoms in total. The van der Waals surface area contributed by atoms with Crippen molar-refractivity contribution in [3.63, 3.8) is 0 Å². The Balaban J connectivity index is 0.000000569. The highest BCUT2D eigenvalue weighted by Crippen LogP contribution is 2.28. The van der Waals surface area contributed by atoms with Crippen LogP contribution in [-0.2, 0) is 22.7 Å². The first-order valence-electron chi connectivity index (χ1n) is 10.2. The minimum absolute atomic E-state index is 0.772. The second-order valence-electron chi connectivity index (χ2n) is 7.31. The Hall–Kier alpha value is -2.82. The number of benzene rings is 2. The molecule has 0 radical (unpaired) electrons. The molecule has 0 unspecified atom stereocenters. The predicted octanol–water partition coefficient (Wildman–Crippen LogP) is 2.95. The summed E-state index contributed by atoms with van der Waals surface area (Å²) in [5.74, 6) is -1.14. The van der Waals surface area contributed by atoms with Crippen LogP contribution < -0.4 is 14.2 Å². The lowest BCUT2D eigenvalue weighted by Gasteiger charge is -2.35. The molecule has 0 amide bonds. The Kier molecular flexibility index (Phi) is 10.4. The summed E-state index contributed by atoms with van der Waals surface area (Å²) in [6, 6.07) is 12.3. The van der Waals surface area contributed by atoms with Gasteiger partial charge in [0.1, 0.15) is 5.75 Å². The van der Waals surface area contributed by atoms with Gasteiger partial charge >= 0.3 is 11.9 Å². The van der Waals surface area contributed by atoms with Crippen molar-refractivity contribution in [2.75, 3.05) is 47.5 Å². The monoisotopic (exact) mass is 524 g/mol. The lowest BCUT2D eigenvalue weighted by atomic mass is 10.1. The van der Waals surface area contributed by atoms with Gasteiger partial charge in [0.05, 0.1) is 21.3 Å². The maximum absolute atomic E-state index is 9.10. The van der Waals surface area contributed by atoms with E-state index in [2.05, 4.69) is 43.9 Å². The molecule has 180 valence electrons. The Labute approximate surface area is 201 Å². The number of methoxy groups -OCH3 is 3. The van der Waals surface area contributed by atoms with Crippen LogP contribution in [0.25, 0.3) is 0 Å². The molecule has 0 atom stereocenters. The van der Waals surface area contributed by atoms with Gasteiger partial charge in [0.25, 0.3) is 0 Å². The first-order chi connectivity index (χ1) is 15.8. The van der Waals surface area contributed by atoms with Crippen LogP contribution in [-0.4, -0.2) is 79.5 Å². The van der Waals surface area contributed by atoms with E-state index in [9.17, 15) is 0 Å². The van der Waals surface area contributed by atoms with Crippen LogP contribution in [0.3, 0.4) is 0 Å². The quantitative estimate of drug-likeness (QED) is 0.528. The molecule has 1 aliphatic rings. The summed E-state index contributed by atoms with van der Waals surface area (Å²) in [5, 5.41) is 14.8. The van der Waals surface area contributed by atoms with Crippen molar-refractivity contribution in [2.24, 2.45) is 0 Å². The summed E-state index contributed by atoms with van der Waals surface area (Å²) in [6.07, 6.45) is 0. The second-order valence-corrected chi connectivity index (χ2v) is 8.22. The van der Waals surface area contributed by atoms with E-state index in [1.807, 2.05) is 18.2 Å². The van der Waals surface area contributed by atoms with Gasteiger partial charge in [-0.15, -0.1) is 0 Å². The predicted molar refractivity (Wildman–Crippen MR) is 126 cm³/mol. The van der Waals surface area contributed by atoms with Crippen LogP contribution in [0, 0.1) is 0 Å². The van der Waals surface area contributed by atoms with Crippen molar-refractivity contribution in [2.45, 2.75) is 13.1 Å². The largest absolute Gasteiger partial charge is 0.496 e. The van der Waals surface area contributed by atoms with E-state index < -0.39 is 11.9 Å². The average Bonchev–Trinajstić information content (AvgIpc) is 2.80. The minimum atomic E-state index is -1.82. The molecule has 33 heavy (non-hydrogen) atoms. The number of carbonyl (C=O) groups is 2. The lowest BCUT2D eigenvalue weighted by Crippen LogP contribution is -2.45. The van der Waals surface area contributed by atoms with Crippen LogP contribution in [0.1, 0.15) is 11.1 Å². The van der Waals surface area contributed by atoms with Crippen molar-refractivity contribution >= 4 is 27.9 Å². The molecule has 0 saturated carbocycles. The molecule has 1 heterocycles. The smallest absolute Gasteiger partial charge is 0.414 e. The number of aliphatic carboxylic acids is 2. The lowest BCUT2D eigenvalue weighted by molar-refractivity contribution is -0.159. The molecule has 3 rings (SSSR count). The highest BCUT2D eigenvalue weighted by Gasteiger charge is 2.19. The number of carboxylic acid groups (broad SMARTS) is 2. The zero-order valence-electron chi connectivity index (χ0n) is 18.9. The zero-order chi connectivity index (χ0) is 24.4. The number of carboxylic acids is 2. The van der Waals surface area contributed by atoms with Crippen LogP contribution in [0.15, 0.2) is 40.9 Å². The summed E-state index contributed by atoms with van der Waals surface area (Å²) < 4.78 is 17.3. The normalized spacial score (nSPS) is 14.1. The fourth-order valence-corrected chi connectivity index (χ4v) is 3.86. The van der Waals surface area contributed by atoms with Gasteiger partial charge in [-0.2, -0.15) is 0 Å². The topological polar surface area (TPSA) is 109 Å². The van der Waals surface area contributed by atoms with Gasteiger partial charge in [0, 0.05) is 49.3 Å².